The summed E-state index contributed by atoms with van der Waals surface area (Å²) in [4.78, 5) is 27.3. The van der Waals surface area contributed by atoms with Crippen LogP contribution in [0.1, 0.15) is 5.56 Å². The van der Waals surface area contributed by atoms with E-state index in [9.17, 15) is 14.0 Å². The van der Waals surface area contributed by atoms with Gasteiger partial charge in [0, 0.05) is 11.9 Å². The van der Waals surface area contributed by atoms with E-state index >= 15 is 0 Å². The van der Waals surface area contributed by atoms with Gasteiger partial charge in [0.25, 0.3) is 0 Å². The average molecular weight is 308 g/mol. The Kier molecular flexibility index (Phi) is 4.49. The molecule has 0 unspecified atom stereocenters. The van der Waals surface area contributed by atoms with Crippen LogP contribution >= 0.6 is 11.6 Å². The van der Waals surface area contributed by atoms with Crippen molar-refractivity contribution in [1.29, 1.82) is 0 Å². The molecule has 0 aliphatic rings. The van der Waals surface area contributed by atoms with Crippen molar-refractivity contribution in [1.82, 2.24) is 4.98 Å². The zero-order chi connectivity index (χ0) is 15.4. The van der Waals surface area contributed by atoms with Gasteiger partial charge in [-0.1, -0.05) is 17.7 Å². The number of anilines is 2. The molecule has 0 atom stereocenters. The number of halogens is 2. The molecule has 1 heterocycles. The number of amides is 2. The second-order valence-electron chi connectivity index (χ2n) is 4.26. The molecule has 0 fully saturated rings. The molecule has 2 N–H and O–H groups in total. The van der Waals surface area contributed by atoms with Crippen LogP contribution in [-0.4, -0.2) is 16.8 Å². The standard InChI is InChI=1S/C14H11ClFN3O2/c1-8-2-5-12(17-7-8)19-14(21)13(20)18-9-3-4-11(16)10(15)6-9/h2-7H,1H3,(H,18,20)(H,17,19,21). The third-order valence-corrected chi connectivity index (χ3v) is 2.83. The van der Waals surface area contributed by atoms with Gasteiger partial charge < -0.3 is 10.6 Å². The number of aryl methyl sites for hydroxylation is 1. The largest absolute Gasteiger partial charge is 0.318 e. The lowest BCUT2D eigenvalue weighted by molar-refractivity contribution is -0.133. The summed E-state index contributed by atoms with van der Waals surface area (Å²) in [7, 11) is 0. The quantitative estimate of drug-likeness (QED) is 0.838. The summed E-state index contributed by atoms with van der Waals surface area (Å²) in [6.45, 7) is 1.85. The van der Waals surface area contributed by atoms with Crippen LogP contribution in [0.15, 0.2) is 36.5 Å². The molecule has 2 amide bonds. The van der Waals surface area contributed by atoms with Crippen LogP contribution < -0.4 is 10.6 Å². The van der Waals surface area contributed by atoms with Gasteiger partial charge in [0.2, 0.25) is 0 Å². The molecule has 7 heteroatoms. The lowest BCUT2D eigenvalue weighted by Gasteiger charge is -2.06. The molecule has 21 heavy (non-hydrogen) atoms. The predicted molar refractivity (Wildman–Crippen MR) is 77.6 cm³/mol. The van der Waals surface area contributed by atoms with Gasteiger partial charge in [-0.25, -0.2) is 9.37 Å². The first kappa shape index (κ1) is 14.9. The molecule has 2 aromatic rings. The van der Waals surface area contributed by atoms with E-state index in [1.165, 1.54) is 12.1 Å². The maximum Gasteiger partial charge on any atom is 0.315 e. The van der Waals surface area contributed by atoms with E-state index in [4.69, 9.17) is 11.6 Å². The predicted octanol–water partition coefficient (Wildman–Crippen LogP) is 2.76. The first-order chi connectivity index (χ1) is 9.95. The Hall–Kier alpha value is -2.47. The first-order valence-electron chi connectivity index (χ1n) is 5.96. The van der Waals surface area contributed by atoms with Crippen molar-refractivity contribution in [3.05, 3.63) is 52.9 Å². The van der Waals surface area contributed by atoms with E-state index in [0.717, 1.165) is 11.6 Å². The third kappa shape index (κ3) is 4.00. The molecule has 0 saturated heterocycles. The van der Waals surface area contributed by atoms with Gasteiger partial charge in [-0.2, -0.15) is 0 Å². The third-order valence-electron chi connectivity index (χ3n) is 2.54. The molecule has 0 bridgehead atoms. The number of hydrogen-bond donors (Lipinski definition) is 2. The van der Waals surface area contributed by atoms with Crippen molar-refractivity contribution in [3.8, 4) is 0 Å². The van der Waals surface area contributed by atoms with Gasteiger partial charge in [0.1, 0.15) is 11.6 Å². The van der Waals surface area contributed by atoms with E-state index < -0.39 is 17.6 Å². The van der Waals surface area contributed by atoms with Crippen molar-refractivity contribution in [2.45, 2.75) is 6.92 Å². The molecule has 0 aliphatic heterocycles. The number of benzene rings is 1. The van der Waals surface area contributed by atoms with Crippen LogP contribution in [0, 0.1) is 12.7 Å². The smallest absolute Gasteiger partial charge is 0.315 e. The van der Waals surface area contributed by atoms with E-state index in [1.54, 1.807) is 18.3 Å². The summed E-state index contributed by atoms with van der Waals surface area (Å²) in [5.41, 5.74) is 1.15. The minimum Gasteiger partial charge on any atom is -0.318 e. The molecule has 0 saturated carbocycles. The number of nitrogens with one attached hydrogen (secondary N) is 2. The van der Waals surface area contributed by atoms with Gasteiger partial charge >= 0.3 is 11.8 Å². The molecular formula is C14H11ClFN3O2. The van der Waals surface area contributed by atoms with Crippen molar-refractivity contribution >= 4 is 34.9 Å². The van der Waals surface area contributed by atoms with Crippen LogP contribution in [0.4, 0.5) is 15.9 Å². The summed E-state index contributed by atoms with van der Waals surface area (Å²) in [6, 6.07) is 6.94. The lowest BCUT2D eigenvalue weighted by atomic mass is 10.3. The zero-order valence-electron chi connectivity index (χ0n) is 11.0. The SMILES string of the molecule is Cc1ccc(NC(=O)C(=O)Nc2ccc(F)c(Cl)c2)nc1. The summed E-state index contributed by atoms with van der Waals surface area (Å²) in [5, 5.41) is 4.51. The summed E-state index contributed by atoms with van der Waals surface area (Å²) in [5.74, 6) is -2.13. The molecule has 1 aromatic heterocycles. The summed E-state index contributed by atoms with van der Waals surface area (Å²) < 4.78 is 13.0. The van der Waals surface area contributed by atoms with Crippen LogP contribution in [0.3, 0.4) is 0 Å². The summed E-state index contributed by atoms with van der Waals surface area (Å²) >= 11 is 5.58. The second-order valence-corrected chi connectivity index (χ2v) is 4.67. The number of pyridine rings is 1. The highest BCUT2D eigenvalue weighted by molar-refractivity contribution is 6.43. The zero-order valence-corrected chi connectivity index (χ0v) is 11.7. The fraction of sp³-hybridized carbons (Fsp3) is 0.0714. The van der Waals surface area contributed by atoms with Crippen LogP contribution in [-0.2, 0) is 9.59 Å². The Morgan fingerprint density at radius 1 is 1.14 bits per heavy atom. The molecule has 0 spiro atoms. The Bertz CT molecular complexity index is 689. The highest BCUT2D eigenvalue weighted by Crippen LogP contribution is 2.19. The van der Waals surface area contributed by atoms with E-state index in [-0.39, 0.29) is 16.5 Å². The number of aromatic nitrogens is 1. The fourth-order valence-corrected chi connectivity index (χ4v) is 1.66. The molecule has 0 radical (unpaired) electrons. The van der Waals surface area contributed by atoms with Gasteiger partial charge in [-0.05, 0) is 36.8 Å². The molecule has 2 rings (SSSR count). The Labute approximate surface area is 125 Å². The van der Waals surface area contributed by atoms with Crippen LogP contribution in [0.25, 0.3) is 0 Å². The minimum absolute atomic E-state index is 0.145. The highest BCUT2D eigenvalue weighted by atomic mass is 35.5. The maximum atomic E-state index is 13.0. The monoisotopic (exact) mass is 307 g/mol. The lowest BCUT2D eigenvalue weighted by Crippen LogP contribution is -2.29. The van der Waals surface area contributed by atoms with E-state index in [2.05, 4.69) is 15.6 Å². The fourth-order valence-electron chi connectivity index (χ4n) is 1.48. The number of nitrogens with zero attached hydrogens (tertiary/aromatic N) is 1. The summed E-state index contributed by atoms with van der Waals surface area (Å²) in [6.07, 6.45) is 1.56. The van der Waals surface area contributed by atoms with E-state index in [1.807, 2.05) is 6.92 Å². The molecule has 5 nitrogen and oxygen atoms in total. The van der Waals surface area contributed by atoms with E-state index in [0.29, 0.717) is 0 Å². The minimum atomic E-state index is -0.903. The topological polar surface area (TPSA) is 71.1 Å². The first-order valence-corrected chi connectivity index (χ1v) is 6.33. The van der Waals surface area contributed by atoms with Crippen molar-refractivity contribution in [2.75, 3.05) is 10.6 Å². The van der Waals surface area contributed by atoms with Gasteiger partial charge in [0.15, 0.2) is 0 Å². The Balaban J connectivity index is 2.00. The van der Waals surface area contributed by atoms with Gasteiger partial charge in [-0.3, -0.25) is 9.59 Å². The molecule has 0 aliphatic carbocycles. The average Bonchev–Trinajstić information content (AvgIpc) is 2.45. The maximum absolute atomic E-state index is 13.0. The van der Waals surface area contributed by atoms with Crippen molar-refractivity contribution < 1.29 is 14.0 Å². The van der Waals surface area contributed by atoms with Crippen LogP contribution in [0.5, 0.6) is 0 Å². The number of carbonyl (C=O) groups excluding carboxylic acids is 2. The normalized spacial score (nSPS) is 10.0. The molecule has 1 aromatic carbocycles. The highest BCUT2D eigenvalue weighted by Gasteiger charge is 2.15. The number of hydrogen-bond acceptors (Lipinski definition) is 3. The number of carbonyl (C=O) groups is 2. The number of rotatable bonds is 2. The van der Waals surface area contributed by atoms with Gasteiger partial charge in [-0.15, -0.1) is 0 Å². The van der Waals surface area contributed by atoms with Crippen LogP contribution in [0.2, 0.25) is 5.02 Å². The Morgan fingerprint density at radius 2 is 1.86 bits per heavy atom. The van der Waals surface area contributed by atoms with Crippen molar-refractivity contribution in [2.24, 2.45) is 0 Å². The Morgan fingerprint density at radius 3 is 2.48 bits per heavy atom. The van der Waals surface area contributed by atoms with Crippen molar-refractivity contribution in [3.63, 3.8) is 0 Å². The molecular weight excluding hydrogens is 297 g/mol. The molecule has 108 valence electrons. The van der Waals surface area contributed by atoms with Gasteiger partial charge in [0.05, 0.1) is 5.02 Å². The second kappa shape index (κ2) is 6.32.